The highest BCUT2D eigenvalue weighted by atomic mass is 32.2. The molecular formula is C10H19N3O3S. The lowest BCUT2D eigenvalue weighted by Crippen LogP contribution is -2.39. The topological polar surface area (TPSA) is 86.3 Å². The zero-order valence-corrected chi connectivity index (χ0v) is 11.2. The van der Waals surface area contributed by atoms with Crippen LogP contribution in [-0.4, -0.2) is 47.0 Å². The van der Waals surface area contributed by atoms with Gasteiger partial charge in [0.15, 0.2) is 5.03 Å². The number of aryl methyl sites for hydroxylation is 1. The first-order valence-electron chi connectivity index (χ1n) is 5.60. The van der Waals surface area contributed by atoms with Crippen LogP contribution in [0.3, 0.4) is 0 Å². The van der Waals surface area contributed by atoms with Crippen LogP contribution in [0.4, 0.5) is 0 Å². The molecule has 0 bridgehead atoms. The van der Waals surface area contributed by atoms with E-state index in [4.69, 9.17) is 5.11 Å². The van der Waals surface area contributed by atoms with E-state index in [2.05, 4.69) is 9.97 Å². The molecule has 1 rings (SSSR count). The molecule has 6 nitrogen and oxygen atoms in total. The van der Waals surface area contributed by atoms with Gasteiger partial charge in [0.2, 0.25) is 0 Å². The normalized spacial score (nSPS) is 12.6. The summed E-state index contributed by atoms with van der Waals surface area (Å²) < 4.78 is 25.7. The van der Waals surface area contributed by atoms with Gasteiger partial charge in [-0.1, -0.05) is 6.92 Å². The van der Waals surface area contributed by atoms with Crippen molar-refractivity contribution < 1.29 is 13.5 Å². The molecule has 0 aliphatic carbocycles. The molecule has 2 N–H and O–H groups in total. The molecule has 0 aliphatic rings. The lowest BCUT2D eigenvalue weighted by Gasteiger charge is -2.23. The average molecular weight is 261 g/mol. The average Bonchev–Trinajstić information content (AvgIpc) is 2.74. The molecule has 0 unspecified atom stereocenters. The Bertz CT molecular complexity index is 453. The predicted molar refractivity (Wildman–Crippen MR) is 64.1 cm³/mol. The van der Waals surface area contributed by atoms with Crippen LogP contribution in [0, 0.1) is 0 Å². The van der Waals surface area contributed by atoms with Crippen LogP contribution in [-0.2, 0) is 16.4 Å². The first-order valence-corrected chi connectivity index (χ1v) is 7.04. The fourth-order valence-corrected chi connectivity index (χ4v) is 3.10. The number of rotatable bonds is 6. The van der Waals surface area contributed by atoms with Gasteiger partial charge in [-0.15, -0.1) is 0 Å². The minimum absolute atomic E-state index is 0.0801. The van der Waals surface area contributed by atoms with E-state index < -0.39 is 10.0 Å². The summed E-state index contributed by atoms with van der Waals surface area (Å²) in [6, 6.07) is -0.208. The van der Waals surface area contributed by atoms with Crippen molar-refractivity contribution in [1.29, 1.82) is 0 Å². The van der Waals surface area contributed by atoms with Gasteiger partial charge in [-0.2, -0.15) is 4.31 Å². The van der Waals surface area contributed by atoms with Gasteiger partial charge in [0, 0.05) is 19.0 Å². The first-order chi connectivity index (χ1) is 7.93. The van der Waals surface area contributed by atoms with E-state index in [0.29, 0.717) is 12.2 Å². The Labute approximate surface area is 102 Å². The van der Waals surface area contributed by atoms with Crippen LogP contribution >= 0.6 is 0 Å². The standard InChI is InChI=1S/C10H19N3O3S/c1-4-9-11-7-10(12-9)17(15,16)13(5-6-14)8(2)3/h7-8,14H,4-6H2,1-3H3,(H,11,12). The number of hydrogen-bond donors (Lipinski definition) is 2. The number of aliphatic hydroxyl groups is 1. The van der Waals surface area contributed by atoms with Crippen LogP contribution in [0.2, 0.25) is 0 Å². The van der Waals surface area contributed by atoms with E-state index in [1.807, 2.05) is 6.92 Å². The van der Waals surface area contributed by atoms with Crippen LogP contribution in [0.15, 0.2) is 11.2 Å². The monoisotopic (exact) mass is 261 g/mol. The summed E-state index contributed by atoms with van der Waals surface area (Å²) >= 11 is 0. The van der Waals surface area contributed by atoms with Crippen molar-refractivity contribution >= 4 is 10.0 Å². The van der Waals surface area contributed by atoms with E-state index in [-0.39, 0.29) is 24.2 Å². The molecule has 0 aliphatic heterocycles. The van der Waals surface area contributed by atoms with Crippen LogP contribution in [0.5, 0.6) is 0 Å². The maximum atomic E-state index is 12.2. The van der Waals surface area contributed by atoms with Gasteiger partial charge in [0.1, 0.15) is 5.82 Å². The molecule has 1 aromatic heterocycles. The summed E-state index contributed by atoms with van der Waals surface area (Å²) in [5.41, 5.74) is 0. The highest BCUT2D eigenvalue weighted by Crippen LogP contribution is 2.16. The van der Waals surface area contributed by atoms with Crippen LogP contribution in [0.1, 0.15) is 26.6 Å². The van der Waals surface area contributed by atoms with Gasteiger partial charge in [0.25, 0.3) is 10.0 Å². The van der Waals surface area contributed by atoms with E-state index in [9.17, 15) is 8.42 Å². The molecule has 0 fully saturated rings. The van der Waals surface area contributed by atoms with E-state index in [1.54, 1.807) is 13.8 Å². The molecule has 1 aromatic rings. The molecule has 0 saturated heterocycles. The van der Waals surface area contributed by atoms with Crippen LogP contribution in [0.25, 0.3) is 0 Å². The fourth-order valence-electron chi connectivity index (χ4n) is 1.53. The van der Waals surface area contributed by atoms with Gasteiger partial charge in [-0.05, 0) is 13.8 Å². The number of nitrogens with one attached hydrogen (secondary N) is 1. The maximum Gasteiger partial charge on any atom is 0.260 e. The van der Waals surface area contributed by atoms with Crippen molar-refractivity contribution in [1.82, 2.24) is 14.3 Å². The molecule has 0 atom stereocenters. The molecule has 17 heavy (non-hydrogen) atoms. The summed E-state index contributed by atoms with van der Waals surface area (Å²) in [5.74, 6) is 0.635. The molecule has 0 saturated carbocycles. The maximum absolute atomic E-state index is 12.2. The van der Waals surface area contributed by atoms with E-state index in [0.717, 1.165) is 0 Å². The van der Waals surface area contributed by atoms with Crippen molar-refractivity contribution in [2.75, 3.05) is 13.2 Å². The second-order valence-electron chi connectivity index (χ2n) is 3.98. The second kappa shape index (κ2) is 5.61. The molecule has 0 spiro atoms. The minimum Gasteiger partial charge on any atom is -0.395 e. The molecule has 0 radical (unpaired) electrons. The summed E-state index contributed by atoms with van der Waals surface area (Å²) in [6.07, 6.45) is 1.97. The number of aliphatic hydroxyl groups excluding tert-OH is 1. The Morgan fingerprint density at radius 1 is 1.53 bits per heavy atom. The molecule has 0 amide bonds. The van der Waals surface area contributed by atoms with Gasteiger partial charge in [-0.3, -0.25) is 0 Å². The Morgan fingerprint density at radius 2 is 2.18 bits per heavy atom. The van der Waals surface area contributed by atoms with Crippen molar-refractivity contribution in [3.63, 3.8) is 0 Å². The number of imidazole rings is 1. The van der Waals surface area contributed by atoms with Gasteiger partial charge >= 0.3 is 0 Å². The number of H-pyrrole nitrogens is 1. The largest absolute Gasteiger partial charge is 0.395 e. The summed E-state index contributed by atoms with van der Waals surface area (Å²) in [7, 11) is -3.60. The third-order valence-corrected chi connectivity index (χ3v) is 4.41. The Morgan fingerprint density at radius 3 is 2.59 bits per heavy atom. The third-order valence-electron chi connectivity index (χ3n) is 2.42. The molecular weight excluding hydrogens is 242 g/mol. The van der Waals surface area contributed by atoms with Crippen molar-refractivity contribution in [2.45, 2.75) is 38.3 Å². The number of nitrogens with zero attached hydrogens (tertiary/aromatic N) is 2. The molecule has 0 aromatic carbocycles. The summed E-state index contributed by atoms with van der Waals surface area (Å²) in [5, 5.41) is 9.00. The number of hydrogen-bond acceptors (Lipinski definition) is 4. The Kier molecular flexibility index (Phi) is 4.67. The minimum atomic E-state index is -3.60. The van der Waals surface area contributed by atoms with Gasteiger partial charge in [-0.25, -0.2) is 13.4 Å². The van der Waals surface area contributed by atoms with Gasteiger partial charge in [0.05, 0.1) is 12.8 Å². The molecule has 7 heteroatoms. The van der Waals surface area contributed by atoms with Crippen molar-refractivity contribution in [2.24, 2.45) is 0 Å². The fraction of sp³-hybridized carbons (Fsp3) is 0.700. The second-order valence-corrected chi connectivity index (χ2v) is 5.84. The quantitative estimate of drug-likeness (QED) is 0.774. The van der Waals surface area contributed by atoms with Crippen molar-refractivity contribution in [3.8, 4) is 0 Å². The third kappa shape index (κ3) is 3.05. The zero-order valence-electron chi connectivity index (χ0n) is 10.3. The SMILES string of the molecule is CCc1ncc(S(=O)(=O)N(CCO)C(C)C)[nH]1. The first kappa shape index (κ1) is 14.1. The van der Waals surface area contributed by atoms with Gasteiger partial charge < -0.3 is 10.1 Å². The highest BCUT2D eigenvalue weighted by molar-refractivity contribution is 7.89. The summed E-state index contributed by atoms with van der Waals surface area (Å²) in [4.78, 5) is 6.75. The van der Waals surface area contributed by atoms with Crippen LogP contribution < -0.4 is 0 Å². The Hall–Kier alpha value is -0.920. The van der Waals surface area contributed by atoms with Crippen molar-refractivity contribution in [3.05, 3.63) is 12.0 Å². The highest BCUT2D eigenvalue weighted by Gasteiger charge is 2.28. The summed E-state index contributed by atoms with van der Waals surface area (Å²) in [6.45, 7) is 5.31. The lowest BCUT2D eigenvalue weighted by molar-refractivity contribution is 0.236. The molecule has 98 valence electrons. The number of aromatic amines is 1. The number of aromatic nitrogens is 2. The molecule has 1 heterocycles. The Balaban J connectivity index is 3.07. The lowest BCUT2D eigenvalue weighted by atomic mass is 10.4. The predicted octanol–water partition coefficient (Wildman–Crippen LogP) is 0.363. The van der Waals surface area contributed by atoms with E-state index >= 15 is 0 Å². The smallest absolute Gasteiger partial charge is 0.260 e. The van der Waals surface area contributed by atoms with E-state index in [1.165, 1.54) is 10.5 Å². The zero-order chi connectivity index (χ0) is 13.1. The number of sulfonamides is 1.